The van der Waals surface area contributed by atoms with Gasteiger partial charge in [-0.3, -0.25) is 4.79 Å². The van der Waals surface area contributed by atoms with Gasteiger partial charge in [-0.15, -0.1) is 22.7 Å². The van der Waals surface area contributed by atoms with Crippen molar-refractivity contribution in [3.8, 4) is 11.1 Å². The van der Waals surface area contributed by atoms with Crippen molar-refractivity contribution in [2.24, 2.45) is 0 Å². The van der Waals surface area contributed by atoms with Crippen LogP contribution >= 0.6 is 22.7 Å². The second kappa shape index (κ2) is 5.34. The van der Waals surface area contributed by atoms with Crippen LogP contribution in [0.3, 0.4) is 0 Å². The SMILES string of the molecule is O=C1CC(c2cccs2)c2scc(-c3cccc(F)c3)c2N1. The maximum Gasteiger partial charge on any atom is 0.225 e. The second-order valence-electron chi connectivity index (χ2n) is 5.22. The Labute approximate surface area is 135 Å². The molecule has 1 N–H and O–H groups in total. The Morgan fingerprint density at radius 2 is 2.09 bits per heavy atom. The number of nitrogens with one attached hydrogen (secondary N) is 1. The number of hydrogen-bond donors (Lipinski definition) is 1. The van der Waals surface area contributed by atoms with E-state index in [0.717, 1.165) is 21.7 Å². The van der Waals surface area contributed by atoms with E-state index in [0.29, 0.717) is 6.42 Å². The highest BCUT2D eigenvalue weighted by Crippen LogP contribution is 2.47. The summed E-state index contributed by atoms with van der Waals surface area (Å²) in [4.78, 5) is 14.5. The minimum absolute atomic E-state index is 0.0157. The largest absolute Gasteiger partial charge is 0.325 e. The highest BCUT2D eigenvalue weighted by molar-refractivity contribution is 7.12. The molecule has 1 aromatic carbocycles. The van der Waals surface area contributed by atoms with Crippen molar-refractivity contribution in [1.82, 2.24) is 0 Å². The number of anilines is 1. The van der Waals surface area contributed by atoms with Crippen LogP contribution in [0.2, 0.25) is 0 Å². The summed E-state index contributed by atoms with van der Waals surface area (Å²) in [5, 5.41) is 7.01. The van der Waals surface area contributed by atoms with Crippen LogP contribution in [0.1, 0.15) is 22.1 Å². The molecule has 0 radical (unpaired) electrons. The van der Waals surface area contributed by atoms with Crippen molar-refractivity contribution in [1.29, 1.82) is 0 Å². The number of carbonyl (C=O) groups is 1. The molecule has 0 fully saturated rings. The summed E-state index contributed by atoms with van der Waals surface area (Å²) in [6, 6.07) is 10.6. The minimum atomic E-state index is -0.269. The lowest BCUT2D eigenvalue weighted by Crippen LogP contribution is -2.21. The lowest BCUT2D eigenvalue weighted by Gasteiger charge is -2.22. The van der Waals surface area contributed by atoms with Crippen LogP contribution in [0.15, 0.2) is 47.2 Å². The van der Waals surface area contributed by atoms with Gasteiger partial charge in [0.25, 0.3) is 0 Å². The van der Waals surface area contributed by atoms with Gasteiger partial charge in [0.2, 0.25) is 5.91 Å². The van der Waals surface area contributed by atoms with Gasteiger partial charge in [0, 0.05) is 33.0 Å². The number of carbonyl (C=O) groups excluding carboxylic acids is 1. The molecule has 4 rings (SSSR count). The molecular weight excluding hydrogens is 317 g/mol. The van der Waals surface area contributed by atoms with Crippen molar-refractivity contribution in [3.63, 3.8) is 0 Å². The summed E-state index contributed by atoms with van der Waals surface area (Å²) in [6.07, 6.45) is 0.469. The molecule has 1 atom stereocenters. The molecule has 1 unspecified atom stereocenters. The smallest absolute Gasteiger partial charge is 0.225 e. The lowest BCUT2D eigenvalue weighted by atomic mass is 9.94. The van der Waals surface area contributed by atoms with Crippen LogP contribution in [0.4, 0.5) is 10.1 Å². The number of fused-ring (bicyclic) bond motifs is 1. The fourth-order valence-electron chi connectivity index (χ4n) is 2.81. The number of amides is 1. The number of thiophene rings is 2. The molecule has 0 saturated heterocycles. The zero-order valence-electron chi connectivity index (χ0n) is 11.5. The zero-order valence-corrected chi connectivity index (χ0v) is 13.1. The first-order valence-corrected chi connectivity index (χ1v) is 8.69. The number of rotatable bonds is 2. The lowest BCUT2D eigenvalue weighted by molar-refractivity contribution is -0.116. The molecule has 0 saturated carbocycles. The summed E-state index contributed by atoms with van der Waals surface area (Å²) >= 11 is 3.30. The average Bonchev–Trinajstić information content (AvgIpc) is 3.16. The van der Waals surface area contributed by atoms with E-state index in [-0.39, 0.29) is 17.6 Å². The molecule has 1 aliphatic heterocycles. The van der Waals surface area contributed by atoms with Crippen molar-refractivity contribution < 1.29 is 9.18 Å². The first-order chi connectivity index (χ1) is 10.7. The Kier molecular flexibility index (Phi) is 3.32. The molecule has 2 nitrogen and oxygen atoms in total. The van der Waals surface area contributed by atoms with E-state index in [2.05, 4.69) is 11.4 Å². The molecule has 0 bridgehead atoms. The first-order valence-electron chi connectivity index (χ1n) is 6.93. The van der Waals surface area contributed by atoms with E-state index in [1.807, 2.05) is 22.9 Å². The molecule has 5 heteroatoms. The third-order valence-corrected chi connectivity index (χ3v) is 5.89. The quantitative estimate of drug-likeness (QED) is 0.697. The van der Waals surface area contributed by atoms with Crippen molar-refractivity contribution in [2.75, 3.05) is 5.32 Å². The standard InChI is InChI=1S/C17H12FNOS2/c18-11-4-1-3-10(7-11)13-9-22-17-12(14-5-2-6-21-14)8-15(20)19-16(13)17/h1-7,9,12H,8H2,(H,19,20). The van der Waals surface area contributed by atoms with Gasteiger partial charge < -0.3 is 5.32 Å². The Hall–Kier alpha value is -1.98. The maximum atomic E-state index is 13.5. The summed E-state index contributed by atoms with van der Waals surface area (Å²) in [6.45, 7) is 0. The molecule has 3 aromatic rings. The van der Waals surface area contributed by atoms with Crippen molar-refractivity contribution >= 4 is 34.3 Å². The van der Waals surface area contributed by atoms with E-state index in [4.69, 9.17) is 0 Å². The Bertz CT molecular complexity index is 838. The number of benzene rings is 1. The van der Waals surface area contributed by atoms with E-state index in [1.165, 1.54) is 17.0 Å². The number of halogens is 1. The minimum Gasteiger partial charge on any atom is -0.325 e. The fourth-order valence-corrected chi connectivity index (χ4v) is 4.88. The maximum absolute atomic E-state index is 13.5. The van der Waals surface area contributed by atoms with E-state index >= 15 is 0 Å². The molecule has 22 heavy (non-hydrogen) atoms. The predicted molar refractivity (Wildman–Crippen MR) is 89.1 cm³/mol. The third kappa shape index (κ3) is 2.26. The molecule has 1 amide bonds. The molecular formula is C17H12FNOS2. The van der Waals surface area contributed by atoms with Crippen LogP contribution in [0.5, 0.6) is 0 Å². The average molecular weight is 329 g/mol. The normalized spacial score (nSPS) is 17.1. The highest BCUT2D eigenvalue weighted by Gasteiger charge is 2.30. The van der Waals surface area contributed by atoms with Gasteiger partial charge in [0.05, 0.1) is 5.69 Å². The van der Waals surface area contributed by atoms with Gasteiger partial charge in [-0.2, -0.15) is 0 Å². The molecule has 0 spiro atoms. The van der Waals surface area contributed by atoms with Gasteiger partial charge >= 0.3 is 0 Å². The van der Waals surface area contributed by atoms with Crippen molar-refractivity contribution in [3.05, 3.63) is 62.7 Å². The third-order valence-electron chi connectivity index (χ3n) is 3.81. The Balaban J connectivity index is 1.84. The van der Waals surface area contributed by atoms with Gasteiger partial charge in [-0.25, -0.2) is 4.39 Å². The molecule has 110 valence electrons. The van der Waals surface area contributed by atoms with E-state index in [1.54, 1.807) is 28.7 Å². The molecule has 3 heterocycles. The van der Waals surface area contributed by atoms with Gasteiger partial charge in [0.15, 0.2) is 0 Å². The van der Waals surface area contributed by atoms with Crippen LogP contribution in [-0.2, 0) is 4.79 Å². The van der Waals surface area contributed by atoms with Gasteiger partial charge in [-0.1, -0.05) is 18.2 Å². The first kappa shape index (κ1) is 13.7. The second-order valence-corrected chi connectivity index (χ2v) is 7.11. The monoisotopic (exact) mass is 329 g/mol. The van der Waals surface area contributed by atoms with Crippen LogP contribution in [-0.4, -0.2) is 5.91 Å². The Morgan fingerprint density at radius 1 is 1.18 bits per heavy atom. The molecule has 2 aromatic heterocycles. The van der Waals surface area contributed by atoms with Gasteiger partial charge in [0.1, 0.15) is 5.82 Å². The van der Waals surface area contributed by atoms with E-state index in [9.17, 15) is 9.18 Å². The molecule has 1 aliphatic rings. The van der Waals surface area contributed by atoms with Crippen molar-refractivity contribution in [2.45, 2.75) is 12.3 Å². The summed E-state index contributed by atoms with van der Waals surface area (Å²) < 4.78 is 13.5. The molecule has 0 aliphatic carbocycles. The van der Waals surface area contributed by atoms with Crippen LogP contribution in [0, 0.1) is 5.82 Å². The fraction of sp³-hybridized carbons (Fsp3) is 0.118. The zero-order chi connectivity index (χ0) is 15.1. The number of hydrogen-bond acceptors (Lipinski definition) is 3. The summed E-state index contributed by atoms with van der Waals surface area (Å²) in [5.41, 5.74) is 2.53. The van der Waals surface area contributed by atoms with Crippen LogP contribution < -0.4 is 5.32 Å². The predicted octanol–water partition coefficient (Wildman–Crippen LogP) is 5.09. The summed E-state index contributed by atoms with van der Waals surface area (Å²) in [7, 11) is 0. The highest BCUT2D eigenvalue weighted by atomic mass is 32.1. The summed E-state index contributed by atoms with van der Waals surface area (Å²) in [5.74, 6) is -0.146. The van der Waals surface area contributed by atoms with Gasteiger partial charge in [-0.05, 0) is 29.1 Å². The van der Waals surface area contributed by atoms with E-state index < -0.39 is 0 Å². The van der Waals surface area contributed by atoms with Crippen LogP contribution in [0.25, 0.3) is 11.1 Å². The topological polar surface area (TPSA) is 29.1 Å². The Morgan fingerprint density at radius 3 is 2.86 bits per heavy atom.